The summed E-state index contributed by atoms with van der Waals surface area (Å²) in [6, 6.07) is 3.45. The molecule has 2 N–H and O–H groups in total. The molecule has 0 amide bonds. The van der Waals surface area contributed by atoms with E-state index in [1.165, 1.54) is 19.2 Å². The van der Waals surface area contributed by atoms with Crippen LogP contribution in [-0.2, 0) is 6.54 Å². The highest BCUT2D eigenvalue weighted by Crippen LogP contribution is 2.10. The molecule has 0 aliphatic carbocycles. The molecule has 1 aromatic carbocycles. The Morgan fingerprint density at radius 3 is 2.43 bits per heavy atom. The van der Waals surface area contributed by atoms with Crippen LogP contribution < -0.4 is 10.6 Å². The molecule has 0 unspecified atom stereocenters. The van der Waals surface area contributed by atoms with Crippen LogP contribution in [0.25, 0.3) is 0 Å². The van der Waals surface area contributed by atoms with E-state index in [1.54, 1.807) is 0 Å². The number of benzene rings is 1. The molecule has 1 aromatic rings. The predicted octanol–water partition coefficient (Wildman–Crippen LogP) is 3.06. The number of piperazine rings is 1. The zero-order valence-corrected chi connectivity index (χ0v) is 19.3. The Hall–Kier alpha value is -1.00. The lowest BCUT2D eigenvalue weighted by atomic mass is 10.2. The summed E-state index contributed by atoms with van der Waals surface area (Å²) < 4.78 is 26.9. The van der Waals surface area contributed by atoms with Gasteiger partial charge in [0.2, 0.25) is 0 Å². The first kappa shape index (κ1) is 25.0. The summed E-state index contributed by atoms with van der Waals surface area (Å²) >= 11 is 0. The molecule has 5 nitrogen and oxygen atoms in total. The fourth-order valence-corrected chi connectivity index (χ4v) is 3.17. The monoisotopic (exact) mass is 509 g/mol. The van der Waals surface area contributed by atoms with Crippen molar-refractivity contribution in [1.29, 1.82) is 0 Å². The van der Waals surface area contributed by atoms with Crippen LogP contribution in [0.3, 0.4) is 0 Å². The van der Waals surface area contributed by atoms with E-state index in [0.717, 1.165) is 64.2 Å². The summed E-state index contributed by atoms with van der Waals surface area (Å²) in [5.74, 6) is -0.240. The van der Waals surface area contributed by atoms with Gasteiger partial charge in [0, 0.05) is 44.8 Å². The Morgan fingerprint density at radius 1 is 1.04 bits per heavy atom. The van der Waals surface area contributed by atoms with Gasteiger partial charge >= 0.3 is 0 Å². The summed E-state index contributed by atoms with van der Waals surface area (Å²) in [6.07, 6.45) is 2.18. The molecule has 0 radical (unpaired) electrons. The van der Waals surface area contributed by atoms with E-state index < -0.39 is 11.6 Å². The first-order valence-corrected chi connectivity index (χ1v) is 10.0. The second kappa shape index (κ2) is 14.1. The molecular formula is C20H34F2IN5. The molecule has 1 fully saturated rings. The number of likely N-dealkylation sites (N-methyl/N-ethyl adjacent to an activating group) is 1. The van der Waals surface area contributed by atoms with Gasteiger partial charge in [-0.2, -0.15) is 0 Å². The summed E-state index contributed by atoms with van der Waals surface area (Å²) in [4.78, 5) is 9.37. The predicted molar refractivity (Wildman–Crippen MR) is 122 cm³/mol. The average molecular weight is 509 g/mol. The van der Waals surface area contributed by atoms with Gasteiger partial charge in [0.05, 0.1) is 6.54 Å². The van der Waals surface area contributed by atoms with Crippen molar-refractivity contribution in [3.05, 3.63) is 35.4 Å². The molecule has 0 aromatic heterocycles. The first-order valence-electron chi connectivity index (χ1n) is 10.0. The topological polar surface area (TPSA) is 42.9 Å². The SMILES string of the molecule is CCNC(=NCc1cc(F)ccc1F)NCCCCN1CCN(CC)CC1.I. The Labute approximate surface area is 185 Å². The van der Waals surface area contributed by atoms with Crippen LogP contribution in [-0.4, -0.2) is 68.1 Å². The van der Waals surface area contributed by atoms with Gasteiger partial charge in [0.1, 0.15) is 11.6 Å². The van der Waals surface area contributed by atoms with Crippen LogP contribution in [0.5, 0.6) is 0 Å². The summed E-state index contributed by atoms with van der Waals surface area (Å²) in [7, 11) is 0. The minimum Gasteiger partial charge on any atom is -0.357 e. The minimum absolute atomic E-state index is 0. The van der Waals surface area contributed by atoms with Crippen molar-refractivity contribution < 1.29 is 8.78 Å². The van der Waals surface area contributed by atoms with Gasteiger partial charge in [-0.25, -0.2) is 13.8 Å². The first-order chi connectivity index (χ1) is 13.1. The molecule has 0 saturated carbocycles. The van der Waals surface area contributed by atoms with Crippen LogP contribution in [0, 0.1) is 11.6 Å². The number of guanidine groups is 1. The van der Waals surface area contributed by atoms with Crippen molar-refractivity contribution in [1.82, 2.24) is 20.4 Å². The zero-order valence-electron chi connectivity index (χ0n) is 17.0. The fourth-order valence-electron chi connectivity index (χ4n) is 3.17. The highest BCUT2D eigenvalue weighted by molar-refractivity contribution is 14.0. The normalized spacial score (nSPS) is 15.9. The Balaban J connectivity index is 0.00000392. The molecule has 160 valence electrons. The van der Waals surface area contributed by atoms with Crippen molar-refractivity contribution in [2.45, 2.75) is 33.2 Å². The van der Waals surface area contributed by atoms with E-state index >= 15 is 0 Å². The second-order valence-corrected chi connectivity index (χ2v) is 6.84. The quantitative estimate of drug-likeness (QED) is 0.233. The Morgan fingerprint density at radius 2 is 1.75 bits per heavy atom. The highest BCUT2D eigenvalue weighted by atomic mass is 127. The third-order valence-electron chi connectivity index (χ3n) is 4.87. The van der Waals surface area contributed by atoms with E-state index in [2.05, 4.69) is 32.3 Å². The second-order valence-electron chi connectivity index (χ2n) is 6.84. The lowest BCUT2D eigenvalue weighted by Gasteiger charge is -2.34. The van der Waals surface area contributed by atoms with Crippen LogP contribution in [0.15, 0.2) is 23.2 Å². The maximum absolute atomic E-state index is 13.7. The van der Waals surface area contributed by atoms with Gasteiger partial charge in [-0.1, -0.05) is 6.92 Å². The number of nitrogens with zero attached hydrogens (tertiary/aromatic N) is 3. The molecule has 0 atom stereocenters. The van der Waals surface area contributed by atoms with Crippen molar-refractivity contribution in [3.8, 4) is 0 Å². The zero-order chi connectivity index (χ0) is 19.5. The number of nitrogens with one attached hydrogen (secondary N) is 2. The van der Waals surface area contributed by atoms with Crippen molar-refractivity contribution in [3.63, 3.8) is 0 Å². The standard InChI is InChI=1S/C20H33F2N5.HI/c1-3-23-20(25-16-17-15-18(21)7-8-19(17)22)24-9-5-6-10-27-13-11-26(4-2)12-14-27;/h7-8,15H,3-6,9-14,16H2,1-2H3,(H2,23,24,25);1H. The lowest BCUT2D eigenvalue weighted by Crippen LogP contribution is -2.46. The smallest absolute Gasteiger partial charge is 0.191 e. The largest absolute Gasteiger partial charge is 0.357 e. The van der Waals surface area contributed by atoms with Crippen molar-refractivity contribution >= 4 is 29.9 Å². The van der Waals surface area contributed by atoms with Crippen molar-refractivity contribution in [2.75, 3.05) is 52.4 Å². The van der Waals surface area contributed by atoms with E-state index in [9.17, 15) is 8.78 Å². The third-order valence-corrected chi connectivity index (χ3v) is 4.87. The molecular weight excluding hydrogens is 475 g/mol. The maximum atomic E-state index is 13.7. The van der Waals surface area contributed by atoms with Gasteiger partial charge < -0.3 is 20.4 Å². The summed E-state index contributed by atoms with van der Waals surface area (Å²) in [6.45, 7) is 12.8. The molecule has 1 aliphatic rings. The lowest BCUT2D eigenvalue weighted by molar-refractivity contribution is 0.136. The highest BCUT2D eigenvalue weighted by Gasteiger charge is 2.14. The molecule has 1 heterocycles. The molecule has 28 heavy (non-hydrogen) atoms. The van der Waals surface area contributed by atoms with Crippen LogP contribution in [0.2, 0.25) is 0 Å². The number of rotatable bonds is 9. The molecule has 0 spiro atoms. The molecule has 0 bridgehead atoms. The van der Waals surface area contributed by atoms with Gasteiger partial charge in [0.25, 0.3) is 0 Å². The number of hydrogen-bond donors (Lipinski definition) is 2. The van der Waals surface area contributed by atoms with Crippen molar-refractivity contribution in [2.24, 2.45) is 4.99 Å². The molecule has 8 heteroatoms. The van der Waals surface area contributed by atoms with Gasteiger partial charge in [-0.05, 0) is 51.1 Å². The number of aliphatic imine (C=N–C) groups is 1. The Kier molecular flexibility index (Phi) is 12.6. The van der Waals surface area contributed by atoms with Gasteiger partial charge in [-0.15, -0.1) is 24.0 Å². The molecule has 1 aliphatic heterocycles. The van der Waals surface area contributed by atoms with E-state index in [1.807, 2.05) is 6.92 Å². The van der Waals surface area contributed by atoms with E-state index in [0.29, 0.717) is 5.96 Å². The van der Waals surface area contributed by atoms with Gasteiger partial charge in [0.15, 0.2) is 5.96 Å². The third kappa shape index (κ3) is 9.00. The van der Waals surface area contributed by atoms with Crippen LogP contribution in [0.4, 0.5) is 8.78 Å². The van der Waals surface area contributed by atoms with Crippen LogP contribution >= 0.6 is 24.0 Å². The Bertz CT molecular complexity index is 592. The van der Waals surface area contributed by atoms with E-state index in [4.69, 9.17) is 0 Å². The van der Waals surface area contributed by atoms with E-state index in [-0.39, 0.29) is 36.1 Å². The minimum atomic E-state index is -0.445. The summed E-state index contributed by atoms with van der Waals surface area (Å²) in [5.41, 5.74) is 0.262. The molecule has 1 saturated heterocycles. The number of unbranched alkanes of at least 4 members (excludes halogenated alkanes) is 1. The van der Waals surface area contributed by atoms with Gasteiger partial charge in [-0.3, -0.25) is 0 Å². The number of halogens is 3. The summed E-state index contributed by atoms with van der Waals surface area (Å²) in [5, 5.41) is 6.42. The van der Waals surface area contributed by atoms with Crippen LogP contribution in [0.1, 0.15) is 32.3 Å². The number of hydrogen-bond acceptors (Lipinski definition) is 3. The average Bonchev–Trinajstić information content (AvgIpc) is 2.68. The maximum Gasteiger partial charge on any atom is 0.191 e. The molecule has 2 rings (SSSR count). The fraction of sp³-hybridized carbons (Fsp3) is 0.650.